The highest BCUT2D eigenvalue weighted by Gasteiger charge is 1.99. The van der Waals surface area contributed by atoms with E-state index in [2.05, 4.69) is 28.8 Å². The van der Waals surface area contributed by atoms with Crippen LogP contribution < -0.4 is 10.6 Å². The maximum Gasteiger partial charge on any atom is 0.0636 e. The van der Waals surface area contributed by atoms with Gasteiger partial charge in [0.2, 0.25) is 0 Å². The molecular weight excluding hydrogens is 228 g/mol. The highest BCUT2D eigenvalue weighted by atomic mass is 16.3. The lowest BCUT2D eigenvalue weighted by molar-refractivity contribution is 0.191. The van der Waals surface area contributed by atoms with E-state index in [9.17, 15) is 0 Å². The van der Waals surface area contributed by atoms with E-state index in [1.807, 2.05) is 6.07 Å². The zero-order chi connectivity index (χ0) is 13.4. The number of hydrogen-bond donors (Lipinski definition) is 4. The van der Waals surface area contributed by atoms with Crippen molar-refractivity contribution in [3.63, 3.8) is 0 Å². The molecule has 0 spiro atoms. The lowest BCUT2D eigenvalue weighted by atomic mass is 10.1. The van der Waals surface area contributed by atoms with E-state index in [4.69, 9.17) is 10.2 Å². The van der Waals surface area contributed by atoms with Crippen LogP contribution in [-0.4, -0.2) is 35.5 Å². The smallest absolute Gasteiger partial charge is 0.0636 e. The summed E-state index contributed by atoms with van der Waals surface area (Å²) in [7, 11) is 0. The van der Waals surface area contributed by atoms with Gasteiger partial charge in [0.05, 0.1) is 12.2 Å². The fourth-order valence-electron chi connectivity index (χ4n) is 1.70. The number of benzene rings is 1. The molecule has 0 amide bonds. The van der Waals surface area contributed by atoms with Crippen LogP contribution >= 0.6 is 0 Å². The van der Waals surface area contributed by atoms with Crippen LogP contribution in [0.5, 0.6) is 0 Å². The molecule has 1 rings (SSSR count). The second-order valence-corrected chi connectivity index (χ2v) is 4.78. The van der Waals surface area contributed by atoms with Gasteiger partial charge in [-0.3, -0.25) is 0 Å². The molecule has 0 saturated carbocycles. The van der Waals surface area contributed by atoms with E-state index in [-0.39, 0.29) is 12.2 Å². The molecule has 4 N–H and O–H groups in total. The number of aliphatic hydroxyl groups is 2. The number of aliphatic hydroxyl groups excluding tert-OH is 2. The Balaban J connectivity index is 2.36. The van der Waals surface area contributed by atoms with Crippen LogP contribution in [0.4, 0.5) is 0 Å². The fraction of sp³-hybridized carbons (Fsp3) is 0.571. The Bertz CT molecular complexity index is 311. The monoisotopic (exact) mass is 252 g/mol. The largest absolute Gasteiger partial charge is 0.392 e. The molecule has 18 heavy (non-hydrogen) atoms. The van der Waals surface area contributed by atoms with Gasteiger partial charge in [0.15, 0.2) is 0 Å². The molecule has 1 aromatic rings. The molecular formula is C14H24N2O2. The van der Waals surface area contributed by atoms with Crippen molar-refractivity contribution in [2.45, 2.75) is 39.1 Å². The second-order valence-electron chi connectivity index (χ2n) is 4.78. The molecule has 0 bridgehead atoms. The average Bonchev–Trinajstić information content (AvgIpc) is 2.28. The van der Waals surface area contributed by atoms with Crippen molar-refractivity contribution in [3.05, 3.63) is 35.4 Å². The lowest BCUT2D eigenvalue weighted by Gasteiger charge is -2.10. The van der Waals surface area contributed by atoms with Gasteiger partial charge in [-0.2, -0.15) is 0 Å². The van der Waals surface area contributed by atoms with E-state index < -0.39 is 0 Å². The van der Waals surface area contributed by atoms with Gasteiger partial charge in [-0.15, -0.1) is 0 Å². The molecule has 2 unspecified atom stereocenters. The minimum atomic E-state index is -0.319. The maximum absolute atomic E-state index is 9.16. The highest BCUT2D eigenvalue weighted by molar-refractivity contribution is 5.23. The Hall–Kier alpha value is -0.940. The van der Waals surface area contributed by atoms with Crippen molar-refractivity contribution in [1.82, 2.24) is 10.6 Å². The van der Waals surface area contributed by atoms with Gasteiger partial charge in [0.25, 0.3) is 0 Å². The van der Waals surface area contributed by atoms with Crippen molar-refractivity contribution in [2.24, 2.45) is 0 Å². The SMILES string of the molecule is CC(O)CNCc1cccc(CNCC(C)O)c1. The van der Waals surface area contributed by atoms with Crippen molar-refractivity contribution < 1.29 is 10.2 Å². The third-order valence-electron chi connectivity index (χ3n) is 2.53. The summed E-state index contributed by atoms with van der Waals surface area (Å²) in [4.78, 5) is 0. The molecule has 4 heteroatoms. The van der Waals surface area contributed by atoms with Gasteiger partial charge >= 0.3 is 0 Å². The van der Waals surface area contributed by atoms with Crippen molar-refractivity contribution in [2.75, 3.05) is 13.1 Å². The molecule has 0 saturated heterocycles. The zero-order valence-corrected chi connectivity index (χ0v) is 11.2. The third-order valence-corrected chi connectivity index (χ3v) is 2.53. The number of nitrogens with one attached hydrogen (secondary N) is 2. The summed E-state index contributed by atoms with van der Waals surface area (Å²) < 4.78 is 0. The Morgan fingerprint density at radius 2 is 1.39 bits per heavy atom. The molecule has 0 aliphatic rings. The van der Waals surface area contributed by atoms with Crippen LogP contribution in [0.1, 0.15) is 25.0 Å². The first-order chi connectivity index (χ1) is 8.58. The van der Waals surface area contributed by atoms with Crippen LogP contribution in [0, 0.1) is 0 Å². The first kappa shape index (κ1) is 15.1. The minimum absolute atomic E-state index is 0.319. The van der Waals surface area contributed by atoms with Crippen LogP contribution in [0.2, 0.25) is 0 Å². The quantitative estimate of drug-likeness (QED) is 0.548. The summed E-state index contributed by atoms with van der Waals surface area (Å²) in [6.45, 7) is 6.26. The fourth-order valence-corrected chi connectivity index (χ4v) is 1.70. The van der Waals surface area contributed by atoms with E-state index in [0.717, 1.165) is 13.1 Å². The highest BCUT2D eigenvalue weighted by Crippen LogP contribution is 2.05. The Morgan fingerprint density at radius 1 is 0.944 bits per heavy atom. The Labute approximate surface area is 109 Å². The molecule has 4 nitrogen and oxygen atoms in total. The van der Waals surface area contributed by atoms with Gasteiger partial charge in [-0.05, 0) is 25.0 Å². The van der Waals surface area contributed by atoms with E-state index >= 15 is 0 Å². The van der Waals surface area contributed by atoms with Crippen LogP contribution in [0.15, 0.2) is 24.3 Å². The molecule has 0 fully saturated rings. The van der Waals surface area contributed by atoms with Gasteiger partial charge < -0.3 is 20.8 Å². The summed E-state index contributed by atoms with van der Waals surface area (Å²) in [5, 5.41) is 24.7. The van der Waals surface area contributed by atoms with Gasteiger partial charge in [0, 0.05) is 26.2 Å². The maximum atomic E-state index is 9.16. The van der Waals surface area contributed by atoms with Crippen LogP contribution in [0.25, 0.3) is 0 Å². The summed E-state index contributed by atoms with van der Waals surface area (Å²) in [6.07, 6.45) is -0.637. The molecule has 0 radical (unpaired) electrons. The molecule has 1 aromatic carbocycles. The molecule has 0 aliphatic heterocycles. The molecule has 0 aliphatic carbocycles. The van der Waals surface area contributed by atoms with Crippen molar-refractivity contribution >= 4 is 0 Å². The lowest BCUT2D eigenvalue weighted by Crippen LogP contribution is -2.24. The molecule has 102 valence electrons. The average molecular weight is 252 g/mol. The van der Waals surface area contributed by atoms with Crippen molar-refractivity contribution in [3.8, 4) is 0 Å². The zero-order valence-electron chi connectivity index (χ0n) is 11.2. The summed E-state index contributed by atoms with van der Waals surface area (Å²) in [6, 6.07) is 8.28. The molecule has 2 atom stereocenters. The van der Waals surface area contributed by atoms with Gasteiger partial charge in [0.1, 0.15) is 0 Å². The van der Waals surface area contributed by atoms with E-state index in [1.54, 1.807) is 13.8 Å². The van der Waals surface area contributed by atoms with Gasteiger partial charge in [-0.1, -0.05) is 24.3 Å². The number of hydrogen-bond acceptors (Lipinski definition) is 4. The van der Waals surface area contributed by atoms with Crippen LogP contribution in [0.3, 0.4) is 0 Å². The van der Waals surface area contributed by atoms with Gasteiger partial charge in [-0.25, -0.2) is 0 Å². The first-order valence-electron chi connectivity index (χ1n) is 6.43. The molecule has 0 heterocycles. The number of rotatable bonds is 8. The predicted molar refractivity (Wildman–Crippen MR) is 73.2 cm³/mol. The van der Waals surface area contributed by atoms with Crippen molar-refractivity contribution in [1.29, 1.82) is 0 Å². The summed E-state index contributed by atoms with van der Waals surface area (Å²) in [5.41, 5.74) is 2.40. The summed E-state index contributed by atoms with van der Waals surface area (Å²) >= 11 is 0. The standard InChI is InChI=1S/C14H24N2O2/c1-11(17)7-15-9-13-4-3-5-14(6-13)10-16-8-12(2)18/h3-6,11-12,15-18H,7-10H2,1-2H3. The normalized spacial score (nSPS) is 14.4. The molecule has 0 aromatic heterocycles. The third kappa shape index (κ3) is 6.71. The Morgan fingerprint density at radius 3 is 1.78 bits per heavy atom. The second kappa shape index (κ2) is 8.21. The predicted octanol–water partition coefficient (Wildman–Crippen LogP) is 0.627. The van der Waals surface area contributed by atoms with E-state index in [1.165, 1.54) is 11.1 Å². The first-order valence-corrected chi connectivity index (χ1v) is 6.43. The topological polar surface area (TPSA) is 64.5 Å². The minimum Gasteiger partial charge on any atom is -0.392 e. The van der Waals surface area contributed by atoms with E-state index in [0.29, 0.717) is 13.1 Å². The summed E-state index contributed by atoms with van der Waals surface area (Å²) in [5.74, 6) is 0. The van der Waals surface area contributed by atoms with Crippen LogP contribution in [-0.2, 0) is 13.1 Å². The Kier molecular flexibility index (Phi) is 6.90.